The third-order valence-corrected chi connectivity index (χ3v) is 7.98. The van der Waals surface area contributed by atoms with Gasteiger partial charge in [0.05, 0.1) is 39.9 Å². The van der Waals surface area contributed by atoms with E-state index in [0.29, 0.717) is 28.4 Å². The highest BCUT2D eigenvalue weighted by molar-refractivity contribution is 5.83. The van der Waals surface area contributed by atoms with Crippen LogP contribution >= 0.6 is 0 Å². The number of ether oxygens (including phenoxy) is 5. The molecule has 206 valence electrons. The zero-order valence-electron chi connectivity index (χ0n) is 22.8. The minimum Gasteiger partial charge on any atom is -0.496 e. The van der Waals surface area contributed by atoms with Crippen molar-refractivity contribution < 1.29 is 38.7 Å². The van der Waals surface area contributed by atoms with Crippen LogP contribution in [0.1, 0.15) is 22.6 Å². The number of rotatable bonds is 7. The largest absolute Gasteiger partial charge is 0.496 e. The Hall–Kier alpha value is -3.95. The molecule has 3 aromatic carbocycles. The van der Waals surface area contributed by atoms with Crippen molar-refractivity contribution in [3.05, 3.63) is 77.4 Å². The van der Waals surface area contributed by atoms with Gasteiger partial charge in [0, 0.05) is 37.7 Å². The summed E-state index contributed by atoms with van der Waals surface area (Å²) in [7, 11) is 9.27. The SMILES string of the molecule is COc1cc(OC)c2c(c1)O[C@@]1(c3ccc(OC)c(OC)c3)[C@H](c3ccccc3)[C@@H](C(=O)N(C)C)[C@@H](O)[C@]21O. The molecule has 39 heavy (non-hydrogen) atoms. The minimum absolute atomic E-state index is 0.239. The van der Waals surface area contributed by atoms with Crippen LogP contribution in [0.15, 0.2) is 60.7 Å². The lowest BCUT2D eigenvalue weighted by Crippen LogP contribution is -2.52. The molecule has 9 heteroatoms. The average Bonchev–Trinajstić information content (AvgIpc) is 3.34. The van der Waals surface area contributed by atoms with E-state index in [0.717, 1.165) is 0 Å². The Bertz CT molecular complexity index is 1390. The summed E-state index contributed by atoms with van der Waals surface area (Å²) in [5.74, 6) is -0.376. The summed E-state index contributed by atoms with van der Waals surface area (Å²) >= 11 is 0. The van der Waals surface area contributed by atoms with Crippen LogP contribution in [0.5, 0.6) is 28.7 Å². The van der Waals surface area contributed by atoms with Gasteiger partial charge in [0.15, 0.2) is 22.7 Å². The number of hydrogen-bond donors (Lipinski definition) is 2. The molecule has 0 bridgehead atoms. The number of nitrogens with zero attached hydrogens (tertiary/aromatic N) is 1. The Morgan fingerprint density at radius 1 is 0.872 bits per heavy atom. The van der Waals surface area contributed by atoms with Crippen molar-refractivity contribution in [1.82, 2.24) is 4.90 Å². The lowest BCUT2D eigenvalue weighted by atomic mass is 9.70. The molecule has 5 rings (SSSR count). The first-order valence-corrected chi connectivity index (χ1v) is 12.5. The van der Waals surface area contributed by atoms with Crippen molar-refractivity contribution in [2.24, 2.45) is 5.92 Å². The molecule has 0 saturated heterocycles. The number of hydrogen-bond acceptors (Lipinski definition) is 8. The van der Waals surface area contributed by atoms with Gasteiger partial charge in [-0.25, -0.2) is 0 Å². The van der Waals surface area contributed by atoms with Crippen molar-refractivity contribution in [3.63, 3.8) is 0 Å². The Morgan fingerprint density at radius 2 is 1.54 bits per heavy atom. The Labute approximate surface area is 227 Å². The molecule has 1 fully saturated rings. The smallest absolute Gasteiger partial charge is 0.228 e. The van der Waals surface area contributed by atoms with E-state index >= 15 is 0 Å². The summed E-state index contributed by atoms with van der Waals surface area (Å²) in [6, 6.07) is 17.8. The van der Waals surface area contributed by atoms with E-state index in [4.69, 9.17) is 23.7 Å². The highest BCUT2D eigenvalue weighted by atomic mass is 16.5. The zero-order valence-corrected chi connectivity index (χ0v) is 22.8. The van der Waals surface area contributed by atoms with Gasteiger partial charge in [-0.15, -0.1) is 0 Å². The maximum Gasteiger partial charge on any atom is 0.228 e. The summed E-state index contributed by atoms with van der Waals surface area (Å²) in [6.07, 6.45) is -1.57. The molecule has 0 aromatic heterocycles. The van der Waals surface area contributed by atoms with Crippen molar-refractivity contribution >= 4 is 5.91 Å². The van der Waals surface area contributed by atoms with Crippen molar-refractivity contribution in [2.45, 2.75) is 23.2 Å². The second-order valence-electron chi connectivity index (χ2n) is 9.97. The fourth-order valence-electron chi connectivity index (χ4n) is 6.30. The number of methoxy groups -OCH3 is 4. The van der Waals surface area contributed by atoms with Crippen LogP contribution in [-0.2, 0) is 16.0 Å². The van der Waals surface area contributed by atoms with E-state index in [1.54, 1.807) is 44.4 Å². The number of fused-ring (bicyclic) bond motifs is 3. The monoisotopic (exact) mass is 535 g/mol. The maximum absolute atomic E-state index is 13.8. The molecule has 2 N–H and O–H groups in total. The van der Waals surface area contributed by atoms with Crippen LogP contribution in [0.25, 0.3) is 0 Å². The van der Waals surface area contributed by atoms with Gasteiger partial charge in [-0.3, -0.25) is 4.79 Å². The third kappa shape index (κ3) is 3.57. The summed E-state index contributed by atoms with van der Waals surface area (Å²) in [6.45, 7) is 0. The fourth-order valence-corrected chi connectivity index (χ4v) is 6.30. The molecule has 2 aliphatic rings. The maximum atomic E-state index is 13.8. The van der Waals surface area contributed by atoms with E-state index in [-0.39, 0.29) is 23.0 Å². The number of carbonyl (C=O) groups excluding carboxylic acids is 1. The lowest BCUT2D eigenvalue weighted by Gasteiger charge is -2.41. The summed E-state index contributed by atoms with van der Waals surface area (Å²) in [5, 5.41) is 25.0. The number of carbonyl (C=O) groups is 1. The second-order valence-corrected chi connectivity index (χ2v) is 9.97. The van der Waals surface area contributed by atoms with E-state index in [1.807, 2.05) is 30.3 Å². The van der Waals surface area contributed by atoms with Gasteiger partial charge in [-0.1, -0.05) is 36.4 Å². The van der Waals surface area contributed by atoms with Gasteiger partial charge in [0.2, 0.25) is 5.91 Å². The van der Waals surface area contributed by atoms with E-state index in [2.05, 4.69) is 0 Å². The summed E-state index contributed by atoms with van der Waals surface area (Å²) < 4.78 is 29.1. The molecule has 1 aliphatic carbocycles. The second kappa shape index (κ2) is 9.66. The summed E-state index contributed by atoms with van der Waals surface area (Å²) in [5.41, 5.74) is -2.35. The first-order chi connectivity index (χ1) is 18.7. The molecule has 1 amide bonds. The van der Waals surface area contributed by atoms with Gasteiger partial charge >= 0.3 is 0 Å². The standard InChI is InChI=1S/C30H33NO8/c1-31(2)28(33)24-25(17-10-8-7-9-11-17)30(18-12-13-20(36-4)21(14-18)37-5)29(34,27(24)32)26-22(38-6)15-19(35-3)16-23(26)39-30/h7-16,24-25,27,32,34H,1-6H3/t24-,25-,27-,29-,30+/m1/s1. The third-order valence-electron chi connectivity index (χ3n) is 7.98. The molecular weight excluding hydrogens is 502 g/mol. The fraction of sp³-hybridized carbons (Fsp3) is 0.367. The van der Waals surface area contributed by atoms with E-state index < -0.39 is 29.1 Å². The molecule has 3 aromatic rings. The average molecular weight is 536 g/mol. The van der Waals surface area contributed by atoms with Crippen molar-refractivity contribution in [3.8, 4) is 28.7 Å². The van der Waals surface area contributed by atoms with Crippen LogP contribution in [-0.4, -0.2) is 69.7 Å². The van der Waals surface area contributed by atoms with Crippen LogP contribution in [0.4, 0.5) is 0 Å². The molecule has 9 nitrogen and oxygen atoms in total. The van der Waals surface area contributed by atoms with Crippen LogP contribution in [0, 0.1) is 5.92 Å². The first kappa shape index (κ1) is 26.6. The molecule has 0 spiro atoms. The topological polar surface area (TPSA) is 107 Å². The predicted molar refractivity (Wildman–Crippen MR) is 143 cm³/mol. The van der Waals surface area contributed by atoms with Crippen LogP contribution in [0.2, 0.25) is 0 Å². The summed E-state index contributed by atoms with van der Waals surface area (Å²) in [4.78, 5) is 15.2. The first-order valence-electron chi connectivity index (χ1n) is 12.5. The van der Waals surface area contributed by atoms with Gasteiger partial charge in [0.1, 0.15) is 23.4 Å². The van der Waals surface area contributed by atoms with Crippen molar-refractivity contribution in [1.29, 1.82) is 0 Å². The number of amides is 1. The van der Waals surface area contributed by atoms with Gasteiger partial charge in [-0.05, 0) is 17.7 Å². The minimum atomic E-state index is -2.11. The highest BCUT2D eigenvalue weighted by Gasteiger charge is 2.78. The molecule has 1 aliphatic heterocycles. The molecule has 5 atom stereocenters. The van der Waals surface area contributed by atoms with Gasteiger partial charge < -0.3 is 38.8 Å². The molecule has 0 unspecified atom stereocenters. The van der Waals surface area contributed by atoms with Crippen LogP contribution < -0.4 is 23.7 Å². The number of aliphatic hydroxyl groups excluding tert-OH is 1. The Kier molecular flexibility index (Phi) is 6.60. The van der Waals surface area contributed by atoms with Gasteiger partial charge in [-0.2, -0.15) is 0 Å². The van der Waals surface area contributed by atoms with Gasteiger partial charge in [0.25, 0.3) is 0 Å². The normalized spacial score (nSPS) is 26.7. The predicted octanol–water partition coefficient (Wildman–Crippen LogP) is 3.06. The number of aliphatic hydroxyl groups is 2. The van der Waals surface area contributed by atoms with Crippen LogP contribution in [0.3, 0.4) is 0 Å². The molecule has 0 radical (unpaired) electrons. The Morgan fingerprint density at radius 3 is 2.13 bits per heavy atom. The Balaban J connectivity index is 1.91. The quantitative estimate of drug-likeness (QED) is 0.476. The zero-order chi connectivity index (χ0) is 28.1. The molecular formula is C30H33NO8. The molecule has 1 heterocycles. The van der Waals surface area contributed by atoms with Crippen molar-refractivity contribution in [2.75, 3.05) is 42.5 Å². The lowest BCUT2D eigenvalue weighted by molar-refractivity contribution is -0.156. The van der Waals surface area contributed by atoms with E-state index in [1.165, 1.54) is 33.3 Å². The molecule has 1 saturated carbocycles. The van der Waals surface area contributed by atoms with E-state index in [9.17, 15) is 15.0 Å². The number of benzene rings is 3. The highest BCUT2D eigenvalue weighted by Crippen LogP contribution is 2.70.